The number of ether oxygens (including phenoxy) is 2. The van der Waals surface area contributed by atoms with Gasteiger partial charge >= 0.3 is 0 Å². The molecule has 0 saturated carbocycles. The minimum Gasteiger partial charge on any atom is -0.389 e. The van der Waals surface area contributed by atoms with Crippen molar-refractivity contribution >= 4 is 0 Å². The average Bonchev–Trinajstić information content (AvgIpc) is 2.62. The first-order chi connectivity index (χ1) is 7.99. The lowest BCUT2D eigenvalue weighted by Crippen LogP contribution is -2.70. The van der Waals surface area contributed by atoms with Gasteiger partial charge in [0.1, 0.15) is 12.2 Å². The Morgan fingerprint density at radius 1 is 1.29 bits per heavy atom. The summed E-state index contributed by atoms with van der Waals surface area (Å²) < 4.78 is 11.8. The van der Waals surface area contributed by atoms with Crippen molar-refractivity contribution in [2.24, 2.45) is 0 Å². The summed E-state index contributed by atoms with van der Waals surface area (Å²) in [7, 11) is 0. The van der Waals surface area contributed by atoms with E-state index in [1.54, 1.807) is 0 Å². The highest BCUT2D eigenvalue weighted by molar-refractivity contribution is 5.03. The van der Waals surface area contributed by atoms with E-state index in [0.29, 0.717) is 0 Å². The molecule has 0 unspecified atom stereocenters. The molecule has 3 fully saturated rings. The Labute approximate surface area is 102 Å². The second-order valence-corrected chi connectivity index (χ2v) is 5.79. The first-order valence-electron chi connectivity index (χ1n) is 6.52. The van der Waals surface area contributed by atoms with Crippen LogP contribution in [0.5, 0.6) is 0 Å². The van der Waals surface area contributed by atoms with Crippen LogP contribution in [0.25, 0.3) is 0 Å². The lowest BCUT2D eigenvalue weighted by atomic mass is 9.91. The number of hydrogen-bond donors (Lipinski definition) is 2. The SMILES string of the molecule is C[C@H]1[C@@H](O)[C@@H]2OC(C)(C)O[C@@H]2[C@H]2NCCCN21. The van der Waals surface area contributed by atoms with Crippen LogP contribution in [0.3, 0.4) is 0 Å². The van der Waals surface area contributed by atoms with Crippen molar-refractivity contribution in [3.63, 3.8) is 0 Å². The molecule has 0 aromatic rings. The second-order valence-electron chi connectivity index (χ2n) is 5.79. The normalized spacial score (nSPS) is 49.8. The van der Waals surface area contributed by atoms with E-state index in [2.05, 4.69) is 17.1 Å². The van der Waals surface area contributed by atoms with Gasteiger partial charge in [0.15, 0.2) is 5.79 Å². The van der Waals surface area contributed by atoms with Crippen molar-refractivity contribution < 1.29 is 14.6 Å². The zero-order valence-corrected chi connectivity index (χ0v) is 10.7. The Morgan fingerprint density at radius 3 is 2.76 bits per heavy atom. The van der Waals surface area contributed by atoms with Crippen LogP contribution in [0, 0.1) is 0 Å². The Morgan fingerprint density at radius 2 is 2.00 bits per heavy atom. The molecule has 0 aromatic heterocycles. The molecular weight excluding hydrogens is 220 g/mol. The van der Waals surface area contributed by atoms with Gasteiger partial charge in [0.25, 0.3) is 0 Å². The van der Waals surface area contributed by atoms with Crippen LogP contribution >= 0.6 is 0 Å². The molecule has 2 N–H and O–H groups in total. The van der Waals surface area contributed by atoms with Gasteiger partial charge in [-0.3, -0.25) is 10.2 Å². The third kappa shape index (κ3) is 1.81. The number of aliphatic hydroxyl groups excluding tert-OH is 1. The Hall–Kier alpha value is -0.200. The molecular formula is C12H22N2O3. The van der Waals surface area contributed by atoms with Gasteiger partial charge in [0.05, 0.1) is 12.3 Å². The molecule has 0 bridgehead atoms. The molecule has 0 aromatic carbocycles. The number of aliphatic hydroxyl groups is 1. The molecule has 5 atom stereocenters. The predicted octanol–water partition coefficient (Wildman–Crippen LogP) is -0.109. The van der Waals surface area contributed by atoms with Gasteiger partial charge in [-0.05, 0) is 33.7 Å². The fraction of sp³-hybridized carbons (Fsp3) is 1.00. The van der Waals surface area contributed by atoms with Gasteiger partial charge < -0.3 is 14.6 Å². The maximum atomic E-state index is 10.3. The number of fused-ring (bicyclic) bond motifs is 3. The fourth-order valence-electron chi connectivity index (χ4n) is 3.33. The number of piperidine rings is 1. The van der Waals surface area contributed by atoms with E-state index < -0.39 is 11.9 Å². The van der Waals surface area contributed by atoms with E-state index in [0.717, 1.165) is 19.5 Å². The molecule has 17 heavy (non-hydrogen) atoms. The standard InChI is InChI=1S/C12H22N2O3/c1-7-8(15)9-10(17-12(2,3)16-9)11-13-5-4-6-14(7)11/h7-11,13,15H,4-6H2,1-3H3/t7-,8+,9-,10-,11-/m0/s1. The van der Waals surface area contributed by atoms with Crippen LogP contribution < -0.4 is 5.32 Å². The van der Waals surface area contributed by atoms with Crippen molar-refractivity contribution in [2.45, 2.75) is 63.5 Å². The fourth-order valence-corrected chi connectivity index (χ4v) is 3.33. The molecule has 3 rings (SSSR count). The van der Waals surface area contributed by atoms with Crippen LogP contribution in [0.1, 0.15) is 27.2 Å². The summed E-state index contributed by atoms with van der Waals surface area (Å²) in [6.45, 7) is 7.92. The van der Waals surface area contributed by atoms with Crippen LogP contribution in [0.4, 0.5) is 0 Å². The van der Waals surface area contributed by atoms with Gasteiger partial charge in [0.2, 0.25) is 0 Å². The van der Waals surface area contributed by atoms with Crippen molar-refractivity contribution in [1.82, 2.24) is 10.2 Å². The number of nitrogens with one attached hydrogen (secondary N) is 1. The smallest absolute Gasteiger partial charge is 0.164 e. The highest BCUT2D eigenvalue weighted by Crippen LogP contribution is 2.38. The molecule has 5 heteroatoms. The van der Waals surface area contributed by atoms with Crippen molar-refractivity contribution in [3.05, 3.63) is 0 Å². The van der Waals surface area contributed by atoms with Gasteiger partial charge in [0, 0.05) is 12.6 Å². The minimum absolute atomic E-state index is 0.0727. The molecule has 3 heterocycles. The summed E-state index contributed by atoms with van der Waals surface area (Å²) in [4.78, 5) is 2.31. The second kappa shape index (κ2) is 3.90. The van der Waals surface area contributed by atoms with E-state index >= 15 is 0 Å². The number of hydrogen-bond acceptors (Lipinski definition) is 5. The molecule has 3 aliphatic heterocycles. The molecule has 98 valence electrons. The topological polar surface area (TPSA) is 54.0 Å². The van der Waals surface area contributed by atoms with Gasteiger partial charge in [-0.25, -0.2) is 0 Å². The van der Waals surface area contributed by atoms with Crippen LogP contribution in [-0.4, -0.2) is 59.4 Å². The first kappa shape index (κ1) is 11.9. The largest absolute Gasteiger partial charge is 0.389 e. The highest BCUT2D eigenvalue weighted by Gasteiger charge is 2.56. The van der Waals surface area contributed by atoms with Gasteiger partial charge in [-0.1, -0.05) is 0 Å². The lowest BCUT2D eigenvalue weighted by molar-refractivity contribution is -0.154. The summed E-state index contributed by atoms with van der Waals surface area (Å²) in [6.07, 6.45) is 0.532. The summed E-state index contributed by atoms with van der Waals surface area (Å²) in [6, 6.07) is 0.117. The molecule has 0 spiro atoms. The maximum absolute atomic E-state index is 10.3. The van der Waals surface area contributed by atoms with Gasteiger partial charge in [-0.15, -0.1) is 0 Å². The third-order valence-corrected chi connectivity index (χ3v) is 4.13. The third-order valence-electron chi connectivity index (χ3n) is 4.13. The molecule has 5 nitrogen and oxygen atoms in total. The summed E-state index contributed by atoms with van der Waals surface area (Å²) in [5.41, 5.74) is 0. The highest BCUT2D eigenvalue weighted by atomic mass is 16.8. The molecule has 3 aliphatic rings. The van der Waals surface area contributed by atoms with Crippen LogP contribution in [0.2, 0.25) is 0 Å². The predicted molar refractivity (Wildman–Crippen MR) is 62.4 cm³/mol. The molecule has 0 radical (unpaired) electrons. The van der Waals surface area contributed by atoms with E-state index in [-0.39, 0.29) is 24.4 Å². The molecule has 3 saturated heterocycles. The lowest BCUT2D eigenvalue weighted by Gasteiger charge is -2.50. The maximum Gasteiger partial charge on any atom is 0.164 e. The van der Waals surface area contributed by atoms with Crippen molar-refractivity contribution in [1.29, 1.82) is 0 Å². The minimum atomic E-state index is -0.592. The molecule has 0 amide bonds. The van der Waals surface area contributed by atoms with Crippen molar-refractivity contribution in [2.75, 3.05) is 13.1 Å². The van der Waals surface area contributed by atoms with E-state index in [1.165, 1.54) is 0 Å². The van der Waals surface area contributed by atoms with Gasteiger partial charge in [-0.2, -0.15) is 0 Å². The Kier molecular flexibility index (Phi) is 2.72. The Bertz CT molecular complexity index is 310. The summed E-state index contributed by atoms with van der Waals surface area (Å²) in [5, 5.41) is 13.8. The van der Waals surface area contributed by atoms with Crippen LogP contribution in [-0.2, 0) is 9.47 Å². The zero-order valence-electron chi connectivity index (χ0n) is 10.7. The summed E-state index contributed by atoms with van der Waals surface area (Å²) in [5.74, 6) is -0.592. The quantitative estimate of drug-likeness (QED) is 0.621. The summed E-state index contributed by atoms with van der Waals surface area (Å²) >= 11 is 0. The zero-order chi connectivity index (χ0) is 12.2. The first-order valence-corrected chi connectivity index (χ1v) is 6.52. The molecule has 0 aliphatic carbocycles. The Balaban J connectivity index is 1.88. The van der Waals surface area contributed by atoms with E-state index in [9.17, 15) is 5.11 Å². The number of nitrogens with zero attached hydrogens (tertiary/aromatic N) is 1. The van der Waals surface area contributed by atoms with Crippen LogP contribution in [0.15, 0.2) is 0 Å². The number of rotatable bonds is 0. The van der Waals surface area contributed by atoms with Crippen molar-refractivity contribution in [3.8, 4) is 0 Å². The average molecular weight is 242 g/mol. The van der Waals surface area contributed by atoms with E-state index in [4.69, 9.17) is 9.47 Å². The monoisotopic (exact) mass is 242 g/mol. The van der Waals surface area contributed by atoms with E-state index in [1.807, 2.05) is 13.8 Å².